The maximum atomic E-state index is 8.93. The van der Waals surface area contributed by atoms with Gasteiger partial charge in [-0.05, 0) is 31.4 Å². The zero-order chi connectivity index (χ0) is 11.3. The van der Waals surface area contributed by atoms with E-state index in [-0.39, 0.29) is 5.92 Å². The number of hydrogen-bond acceptors (Lipinski definition) is 2. The van der Waals surface area contributed by atoms with E-state index >= 15 is 0 Å². The number of ether oxygens (including phenoxy) is 1. The molecule has 0 fully saturated rings. The summed E-state index contributed by atoms with van der Waals surface area (Å²) >= 11 is 0. The van der Waals surface area contributed by atoms with Crippen LogP contribution in [0, 0.1) is 24.2 Å². The van der Waals surface area contributed by atoms with Gasteiger partial charge in [-0.1, -0.05) is 24.6 Å². The zero-order valence-electron chi connectivity index (χ0n) is 9.58. The number of methoxy groups -OCH3 is 1. The molecule has 0 N–H and O–H groups in total. The predicted octanol–water partition coefficient (Wildman–Crippen LogP) is 3.10. The summed E-state index contributed by atoms with van der Waals surface area (Å²) in [5, 5.41) is 8.93. The van der Waals surface area contributed by atoms with E-state index in [4.69, 9.17) is 10.00 Å². The van der Waals surface area contributed by atoms with Gasteiger partial charge in [-0.3, -0.25) is 0 Å². The lowest BCUT2D eigenvalue weighted by atomic mass is 9.96. The number of benzene rings is 1. The topological polar surface area (TPSA) is 33.0 Å². The van der Waals surface area contributed by atoms with Crippen molar-refractivity contribution in [3.8, 4) is 11.8 Å². The van der Waals surface area contributed by atoms with E-state index in [2.05, 4.69) is 19.1 Å². The molecule has 0 spiro atoms. The quantitative estimate of drug-likeness (QED) is 0.753. The minimum Gasteiger partial charge on any atom is -0.496 e. The van der Waals surface area contributed by atoms with Crippen molar-refractivity contribution in [3.63, 3.8) is 0 Å². The van der Waals surface area contributed by atoms with Gasteiger partial charge in [0.2, 0.25) is 0 Å². The fourth-order valence-electron chi connectivity index (χ4n) is 1.61. The molecule has 0 saturated heterocycles. The SMILES string of the molecule is CCC(C#N)Cc1cc(C)ccc1OC. The first kappa shape index (κ1) is 11.6. The monoisotopic (exact) mass is 203 g/mol. The summed E-state index contributed by atoms with van der Waals surface area (Å²) in [5.41, 5.74) is 2.34. The third-order valence-electron chi connectivity index (χ3n) is 2.58. The highest BCUT2D eigenvalue weighted by Crippen LogP contribution is 2.23. The lowest BCUT2D eigenvalue weighted by Crippen LogP contribution is -2.02. The lowest BCUT2D eigenvalue weighted by molar-refractivity contribution is 0.407. The third kappa shape index (κ3) is 2.99. The van der Waals surface area contributed by atoms with E-state index in [1.165, 1.54) is 5.56 Å². The number of nitriles is 1. The van der Waals surface area contributed by atoms with Crippen LogP contribution in [0.4, 0.5) is 0 Å². The molecule has 15 heavy (non-hydrogen) atoms. The first-order valence-corrected chi connectivity index (χ1v) is 5.24. The van der Waals surface area contributed by atoms with Crippen LogP contribution in [0.5, 0.6) is 5.75 Å². The van der Waals surface area contributed by atoms with Crippen molar-refractivity contribution in [1.82, 2.24) is 0 Å². The van der Waals surface area contributed by atoms with Crippen LogP contribution in [0.15, 0.2) is 18.2 Å². The van der Waals surface area contributed by atoms with Crippen molar-refractivity contribution in [3.05, 3.63) is 29.3 Å². The fraction of sp³-hybridized carbons (Fsp3) is 0.462. The first-order valence-electron chi connectivity index (χ1n) is 5.24. The van der Waals surface area contributed by atoms with Crippen LogP contribution in [0.25, 0.3) is 0 Å². The second kappa shape index (κ2) is 5.41. The van der Waals surface area contributed by atoms with Gasteiger partial charge in [0.15, 0.2) is 0 Å². The molecule has 0 heterocycles. The Balaban J connectivity index is 2.92. The molecule has 1 aromatic rings. The molecule has 80 valence electrons. The van der Waals surface area contributed by atoms with Crippen LogP contribution in [-0.2, 0) is 6.42 Å². The molecule has 0 bridgehead atoms. The Kier molecular flexibility index (Phi) is 4.17. The van der Waals surface area contributed by atoms with E-state index in [0.717, 1.165) is 24.2 Å². The predicted molar refractivity (Wildman–Crippen MR) is 60.8 cm³/mol. The number of rotatable bonds is 4. The Morgan fingerprint density at radius 3 is 2.73 bits per heavy atom. The second-order valence-electron chi connectivity index (χ2n) is 3.75. The molecule has 1 rings (SSSR count). The highest BCUT2D eigenvalue weighted by Gasteiger charge is 2.10. The summed E-state index contributed by atoms with van der Waals surface area (Å²) in [6.45, 7) is 4.09. The van der Waals surface area contributed by atoms with Crippen molar-refractivity contribution in [2.24, 2.45) is 5.92 Å². The van der Waals surface area contributed by atoms with Crippen molar-refractivity contribution < 1.29 is 4.74 Å². The lowest BCUT2D eigenvalue weighted by Gasteiger charge is -2.11. The normalized spacial score (nSPS) is 11.9. The molecule has 0 saturated carbocycles. The van der Waals surface area contributed by atoms with E-state index in [1.807, 2.05) is 19.1 Å². The van der Waals surface area contributed by atoms with E-state index in [9.17, 15) is 0 Å². The van der Waals surface area contributed by atoms with Crippen molar-refractivity contribution in [2.75, 3.05) is 7.11 Å². The fourth-order valence-corrected chi connectivity index (χ4v) is 1.61. The number of nitrogens with zero attached hydrogens (tertiary/aromatic N) is 1. The third-order valence-corrected chi connectivity index (χ3v) is 2.58. The summed E-state index contributed by atoms with van der Waals surface area (Å²) in [6.07, 6.45) is 1.66. The largest absolute Gasteiger partial charge is 0.496 e. The number of hydrogen-bond donors (Lipinski definition) is 0. The van der Waals surface area contributed by atoms with Crippen molar-refractivity contribution >= 4 is 0 Å². The summed E-state index contributed by atoms with van der Waals surface area (Å²) in [5.74, 6) is 0.968. The number of aryl methyl sites for hydroxylation is 1. The molecular weight excluding hydrogens is 186 g/mol. The molecule has 0 aliphatic carbocycles. The zero-order valence-corrected chi connectivity index (χ0v) is 9.58. The molecule has 2 nitrogen and oxygen atoms in total. The average molecular weight is 203 g/mol. The van der Waals surface area contributed by atoms with E-state index in [1.54, 1.807) is 7.11 Å². The highest BCUT2D eigenvalue weighted by atomic mass is 16.5. The van der Waals surface area contributed by atoms with Crippen LogP contribution < -0.4 is 4.74 Å². The Morgan fingerprint density at radius 1 is 1.47 bits per heavy atom. The summed E-state index contributed by atoms with van der Waals surface area (Å²) < 4.78 is 5.28. The van der Waals surface area contributed by atoms with Gasteiger partial charge in [0.1, 0.15) is 5.75 Å². The van der Waals surface area contributed by atoms with Gasteiger partial charge >= 0.3 is 0 Å². The second-order valence-corrected chi connectivity index (χ2v) is 3.75. The molecule has 0 aromatic heterocycles. The maximum absolute atomic E-state index is 8.93. The molecule has 0 aliphatic heterocycles. The van der Waals surface area contributed by atoms with Gasteiger partial charge in [0.25, 0.3) is 0 Å². The molecule has 2 heteroatoms. The van der Waals surface area contributed by atoms with Gasteiger partial charge in [-0.25, -0.2) is 0 Å². The average Bonchev–Trinajstić information content (AvgIpc) is 2.26. The van der Waals surface area contributed by atoms with Gasteiger partial charge < -0.3 is 4.74 Å². The highest BCUT2D eigenvalue weighted by molar-refractivity contribution is 5.37. The van der Waals surface area contributed by atoms with Crippen LogP contribution in [0.3, 0.4) is 0 Å². The van der Waals surface area contributed by atoms with Gasteiger partial charge in [-0.15, -0.1) is 0 Å². The Morgan fingerprint density at radius 2 is 2.20 bits per heavy atom. The maximum Gasteiger partial charge on any atom is 0.122 e. The van der Waals surface area contributed by atoms with Crippen molar-refractivity contribution in [1.29, 1.82) is 5.26 Å². The minimum atomic E-state index is 0.0840. The van der Waals surface area contributed by atoms with Crippen LogP contribution in [-0.4, -0.2) is 7.11 Å². The van der Waals surface area contributed by atoms with Crippen molar-refractivity contribution in [2.45, 2.75) is 26.7 Å². The van der Waals surface area contributed by atoms with E-state index in [0.29, 0.717) is 0 Å². The summed E-state index contributed by atoms with van der Waals surface area (Å²) in [7, 11) is 1.67. The van der Waals surface area contributed by atoms with Crippen LogP contribution in [0.2, 0.25) is 0 Å². The summed E-state index contributed by atoms with van der Waals surface area (Å²) in [4.78, 5) is 0. The Bertz CT molecular complexity index is 365. The molecule has 1 aromatic carbocycles. The minimum absolute atomic E-state index is 0.0840. The standard InChI is InChI=1S/C13H17NO/c1-4-11(9-14)8-12-7-10(2)5-6-13(12)15-3/h5-7,11H,4,8H2,1-3H3. The molecule has 1 unspecified atom stereocenters. The molecular formula is C13H17NO. The Labute approximate surface area is 91.5 Å². The van der Waals surface area contributed by atoms with Crippen LogP contribution in [0.1, 0.15) is 24.5 Å². The molecule has 0 amide bonds. The summed E-state index contributed by atoms with van der Waals surface area (Å²) in [6, 6.07) is 8.40. The molecule has 1 atom stereocenters. The van der Waals surface area contributed by atoms with Gasteiger partial charge in [0.05, 0.1) is 19.1 Å². The van der Waals surface area contributed by atoms with E-state index < -0.39 is 0 Å². The first-order chi connectivity index (χ1) is 7.21. The van der Waals surface area contributed by atoms with Crippen LogP contribution >= 0.6 is 0 Å². The smallest absolute Gasteiger partial charge is 0.122 e. The van der Waals surface area contributed by atoms with Gasteiger partial charge in [-0.2, -0.15) is 5.26 Å². The molecule has 0 radical (unpaired) electrons. The molecule has 0 aliphatic rings. The Hall–Kier alpha value is -1.49. The van der Waals surface area contributed by atoms with Gasteiger partial charge in [0, 0.05) is 0 Å².